The van der Waals surface area contributed by atoms with Crippen LogP contribution in [0.5, 0.6) is 0 Å². The van der Waals surface area contributed by atoms with Gasteiger partial charge in [0.2, 0.25) is 5.78 Å². The van der Waals surface area contributed by atoms with Crippen LogP contribution in [0.25, 0.3) is 10.9 Å². The second-order valence-electron chi connectivity index (χ2n) is 6.91. The van der Waals surface area contributed by atoms with Gasteiger partial charge in [-0.2, -0.15) is 0 Å². The van der Waals surface area contributed by atoms with Gasteiger partial charge in [-0.15, -0.1) is 0 Å². The Kier molecular flexibility index (Phi) is 4.74. The standard InChI is InChI=1S/C20H21ClN4O/c1-24-11-9-22-20(24)19(26)15-5-3-10-25(12-15)13-16-8-7-14-4-2-6-17(21)18(14)23-16/h2,4,6-9,11,15H,3,5,10,12-13H2,1H3/t15-/m1/s1. The maximum atomic E-state index is 12.8. The van der Waals surface area contributed by atoms with Gasteiger partial charge in [0.05, 0.1) is 16.2 Å². The number of hydrogen-bond acceptors (Lipinski definition) is 4. The van der Waals surface area contributed by atoms with Gasteiger partial charge in [-0.05, 0) is 31.5 Å². The fraction of sp³-hybridized carbons (Fsp3) is 0.350. The Morgan fingerprint density at radius 3 is 3.00 bits per heavy atom. The van der Waals surface area contributed by atoms with E-state index in [1.807, 2.05) is 37.5 Å². The lowest BCUT2D eigenvalue weighted by Crippen LogP contribution is -2.39. The Balaban J connectivity index is 1.49. The lowest BCUT2D eigenvalue weighted by atomic mass is 9.93. The largest absolute Gasteiger partial charge is 0.332 e. The lowest BCUT2D eigenvalue weighted by Gasteiger charge is -2.31. The van der Waals surface area contributed by atoms with Crippen molar-refractivity contribution < 1.29 is 4.79 Å². The van der Waals surface area contributed by atoms with E-state index in [4.69, 9.17) is 16.6 Å². The predicted octanol–water partition coefficient (Wildman–Crippen LogP) is 3.72. The van der Waals surface area contributed by atoms with Gasteiger partial charge in [0, 0.05) is 43.8 Å². The molecule has 26 heavy (non-hydrogen) atoms. The van der Waals surface area contributed by atoms with Gasteiger partial charge in [0.1, 0.15) is 0 Å². The number of likely N-dealkylation sites (tertiary alicyclic amines) is 1. The molecule has 2 aromatic heterocycles. The molecule has 0 unspecified atom stereocenters. The maximum absolute atomic E-state index is 12.8. The number of imidazole rings is 1. The van der Waals surface area contributed by atoms with Crippen LogP contribution in [0.3, 0.4) is 0 Å². The van der Waals surface area contributed by atoms with Crippen LogP contribution in [0.15, 0.2) is 42.7 Å². The minimum absolute atomic E-state index is 0.00565. The molecular weight excluding hydrogens is 348 g/mol. The van der Waals surface area contributed by atoms with Crippen LogP contribution in [-0.4, -0.2) is 38.3 Å². The van der Waals surface area contributed by atoms with Crippen LogP contribution in [0, 0.1) is 5.92 Å². The third-order valence-corrected chi connectivity index (χ3v) is 5.34. The molecule has 3 heterocycles. The summed E-state index contributed by atoms with van der Waals surface area (Å²) in [5.41, 5.74) is 1.82. The molecule has 1 aliphatic rings. The van der Waals surface area contributed by atoms with Gasteiger partial charge >= 0.3 is 0 Å². The highest BCUT2D eigenvalue weighted by Crippen LogP contribution is 2.24. The second-order valence-corrected chi connectivity index (χ2v) is 7.32. The summed E-state index contributed by atoms with van der Waals surface area (Å²) in [6, 6.07) is 9.92. The van der Waals surface area contributed by atoms with Gasteiger partial charge in [-0.3, -0.25) is 9.69 Å². The number of rotatable bonds is 4. The third-order valence-electron chi connectivity index (χ3n) is 5.03. The van der Waals surface area contributed by atoms with Crippen molar-refractivity contribution in [2.45, 2.75) is 19.4 Å². The van der Waals surface area contributed by atoms with E-state index < -0.39 is 0 Å². The number of pyridine rings is 1. The Bertz CT molecular complexity index is 952. The molecule has 0 radical (unpaired) electrons. The van der Waals surface area contributed by atoms with Gasteiger partial charge in [0.15, 0.2) is 5.82 Å². The lowest BCUT2D eigenvalue weighted by molar-refractivity contribution is 0.0796. The zero-order chi connectivity index (χ0) is 18.1. The van der Waals surface area contributed by atoms with Gasteiger partial charge in [-0.25, -0.2) is 9.97 Å². The summed E-state index contributed by atoms with van der Waals surface area (Å²) in [4.78, 5) is 24.0. The van der Waals surface area contributed by atoms with Gasteiger partial charge in [-0.1, -0.05) is 29.8 Å². The van der Waals surface area contributed by atoms with Crippen LogP contribution in [0.1, 0.15) is 29.2 Å². The number of ketones is 1. The topological polar surface area (TPSA) is 51.0 Å². The number of halogens is 1. The molecule has 0 aliphatic carbocycles. The van der Waals surface area contributed by atoms with Crippen LogP contribution in [0.4, 0.5) is 0 Å². The average molecular weight is 369 g/mol. The Hall–Kier alpha value is -2.24. The summed E-state index contributed by atoms with van der Waals surface area (Å²) in [5, 5.41) is 1.72. The van der Waals surface area contributed by atoms with E-state index in [2.05, 4.69) is 16.0 Å². The minimum Gasteiger partial charge on any atom is -0.332 e. The molecule has 0 N–H and O–H groups in total. The number of benzene rings is 1. The molecule has 0 bridgehead atoms. The fourth-order valence-corrected chi connectivity index (χ4v) is 3.89. The first-order valence-corrected chi connectivity index (χ1v) is 9.27. The maximum Gasteiger partial charge on any atom is 0.202 e. The van der Waals surface area contributed by atoms with Crippen molar-refractivity contribution in [3.8, 4) is 0 Å². The average Bonchev–Trinajstić information content (AvgIpc) is 3.08. The number of piperidine rings is 1. The molecule has 1 atom stereocenters. The van der Waals surface area contributed by atoms with Crippen molar-refractivity contribution >= 4 is 28.3 Å². The summed E-state index contributed by atoms with van der Waals surface area (Å²) in [5.74, 6) is 0.679. The highest BCUT2D eigenvalue weighted by Gasteiger charge is 2.28. The van der Waals surface area contributed by atoms with Gasteiger partial charge < -0.3 is 4.57 Å². The van der Waals surface area contributed by atoms with Crippen molar-refractivity contribution in [3.63, 3.8) is 0 Å². The van der Waals surface area contributed by atoms with Crippen molar-refractivity contribution in [1.29, 1.82) is 0 Å². The van der Waals surface area contributed by atoms with E-state index in [9.17, 15) is 4.79 Å². The number of hydrogen-bond donors (Lipinski definition) is 0. The molecule has 3 aromatic rings. The Labute approximate surface area is 157 Å². The number of para-hydroxylation sites is 1. The molecule has 0 spiro atoms. The number of aryl methyl sites for hydroxylation is 1. The molecule has 134 valence electrons. The summed E-state index contributed by atoms with van der Waals surface area (Å²) in [7, 11) is 1.86. The molecule has 0 amide bonds. The molecule has 1 aliphatic heterocycles. The van der Waals surface area contributed by atoms with Crippen molar-refractivity contribution in [2.75, 3.05) is 13.1 Å². The molecule has 1 saturated heterocycles. The minimum atomic E-state index is -0.00565. The smallest absolute Gasteiger partial charge is 0.202 e. The van der Waals surface area contributed by atoms with E-state index in [1.165, 1.54) is 0 Å². The predicted molar refractivity (Wildman–Crippen MR) is 102 cm³/mol. The van der Waals surface area contributed by atoms with Crippen LogP contribution in [0.2, 0.25) is 5.02 Å². The van der Waals surface area contributed by atoms with Crippen LogP contribution >= 0.6 is 11.6 Å². The number of fused-ring (bicyclic) bond motifs is 1. The molecular formula is C20H21ClN4O. The molecule has 4 rings (SSSR count). The fourth-order valence-electron chi connectivity index (χ4n) is 3.67. The first kappa shape index (κ1) is 17.2. The quantitative estimate of drug-likeness (QED) is 0.658. The second kappa shape index (κ2) is 7.17. The van der Waals surface area contributed by atoms with Crippen molar-refractivity contribution in [3.05, 3.63) is 59.3 Å². The first-order chi connectivity index (χ1) is 12.6. The molecule has 6 heteroatoms. The Morgan fingerprint density at radius 1 is 1.31 bits per heavy atom. The molecule has 5 nitrogen and oxygen atoms in total. The SMILES string of the molecule is Cn1ccnc1C(=O)[C@@H]1CCCN(Cc2ccc3cccc(Cl)c3n2)C1. The highest BCUT2D eigenvalue weighted by molar-refractivity contribution is 6.35. The number of Topliss-reactive ketones (excluding diaryl/α,β-unsaturated/α-hetero) is 1. The summed E-state index contributed by atoms with van der Waals surface area (Å²) in [6.45, 7) is 2.45. The van der Waals surface area contributed by atoms with E-state index in [1.54, 1.807) is 10.8 Å². The first-order valence-electron chi connectivity index (χ1n) is 8.90. The molecule has 0 saturated carbocycles. The van der Waals surface area contributed by atoms with Crippen LogP contribution in [-0.2, 0) is 13.6 Å². The molecule has 1 aromatic carbocycles. The molecule has 1 fully saturated rings. The number of nitrogens with zero attached hydrogens (tertiary/aromatic N) is 4. The van der Waals surface area contributed by atoms with E-state index in [0.29, 0.717) is 10.8 Å². The number of carbonyl (C=O) groups excluding carboxylic acids is 1. The summed E-state index contributed by atoms with van der Waals surface area (Å²) >= 11 is 6.28. The number of aromatic nitrogens is 3. The summed E-state index contributed by atoms with van der Waals surface area (Å²) < 4.78 is 1.80. The third kappa shape index (κ3) is 3.37. The van der Waals surface area contributed by atoms with Crippen molar-refractivity contribution in [1.82, 2.24) is 19.4 Å². The summed E-state index contributed by atoms with van der Waals surface area (Å²) in [6.07, 6.45) is 5.42. The zero-order valence-electron chi connectivity index (χ0n) is 14.7. The highest BCUT2D eigenvalue weighted by atomic mass is 35.5. The van der Waals surface area contributed by atoms with Crippen molar-refractivity contribution in [2.24, 2.45) is 13.0 Å². The zero-order valence-corrected chi connectivity index (χ0v) is 15.5. The number of carbonyl (C=O) groups is 1. The monoisotopic (exact) mass is 368 g/mol. The van der Waals surface area contributed by atoms with E-state index in [-0.39, 0.29) is 11.7 Å². The normalized spacial score (nSPS) is 18.3. The van der Waals surface area contributed by atoms with Crippen LogP contribution < -0.4 is 0 Å². The van der Waals surface area contributed by atoms with Gasteiger partial charge in [0.25, 0.3) is 0 Å². The van der Waals surface area contributed by atoms with E-state index in [0.717, 1.165) is 49.1 Å². The Morgan fingerprint density at radius 2 is 2.19 bits per heavy atom. The van der Waals surface area contributed by atoms with E-state index >= 15 is 0 Å².